The Balaban J connectivity index is 1.39. The lowest BCUT2D eigenvalue weighted by molar-refractivity contribution is -0.123. The molecule has 38 heavy (non-hydrogen) atoms. The van der Waals surface area contributed by atoms with Crippen molar-refractivity contribution in [3.8, 4) is 17.2 Å². The Hall–Kier alpha value is -3.95. The lowest BCUT2D eigenvalue weighted by Gasteiger charge is -2.14. The number of anilines is 1. The quantitative estimate of drug-likeness (QED) is 0.318. The zero-order valence-electron chi connectivity index (χ0n) is 20.7. The average Bonchev–Trinajstić information content (AvgIpc) is 3.16. The fourth-order valence-corrected chi connectivity index (χ4v) is 4.69. The molecule has 10 heteroatoms. The molecular weight excluding hydrogens is 528 g/mol. The van der Waals surface area contributed by atoms with Crippen molar-refractivity contribution >= 4 is 52.2 Å². The standard InChI is InChI=1S/C28H25ClN2O6S/c1-18-8-10-21(11-9-18)36-13-12-31-27(33)24(38-28(31)34)16-19-14-22(29)26(23(15-19)35-2)37-17-25(32)30-20-6-4-3-5-7-20/h3-11,14-16H,12-13,17H2,1-2H3,(H,30,32)/b24-16-. The zero-order valence-corrected chi connectivity index (χ0v) is 22.3. The molecule has 1 N–H and O–H groups in total. The third kappa shape index (κ3) is 6.87. The molecule has 1 aliphatic rings. The van der Waals surface area contributed by atoms with E-state index in [9.17, 15) is 14.4 Å². The maximum atomic E-state index is 12.9. The van der Waals surface area contributed by atoms with E-state index in [0.29, 0.717) is 17.0 Å². The first-order chi connectivity index (χ1) is 18.3. The van der Waals surface area contributed by atoms with Gasteiger partial charge in [-0.05, 0) is 66.7 Å². The highest BCUT2D eigenvalue weighted by Crippen LogP contribution is 2.39. The minimum absolute atomic E-state index is 0.123. The van der Waals surface area contributed by atoms with Gasteiger partial charge in [-0.1, -0.05) is 47.5 Å². The van der Waals surface area contributed by atoms with Gasteiger partial charge in [0.05, 0.1) is 23.6 Å². The number of para-hydroxylation sites is 1. The number of methoxy groups -OCH3 is 1. The second-order valence-electron chi connectivity index (χ2n) is 8.23. The molecule has 0 atom stereocenters. The molecule has 0 radical (unpaired) electrons. The number of imide groups is 1. The van der Waals surface area contributed by atoms with Crippen LogP contribution in [-0.4, -0.2) is 48.8 Å². The topological polar surface area (TPSA) is 94.2 Å². The zero-order chi connectivity index (χ0) is 27.1. The van der Waals surface area contributed by atoms with Gasteiger partial charge in [0.15, 0.2) is 18.1 Å². The summed E-state index contributed by atoms with van der Waals surface area (Å²) >= 11 is 7.26. The molecule has 1 fully saturated rings. The summed E-state index contributed by atoms with van der Waals surface area (Å²) in [5.41, 5.74) is 2.29. The van der Waals surface area contributed by atoms with Crippen molar-refractivity contribution in [2.45, 2.75) is 6.92 Å². The summed E-state index contributed by atoms with van der Waals surface area (Å²) in [6.07, 6.45) is 1.56. The van der Waals surface area contributed by atoms with E-state index in [4.69, 9.17) is 25.8 Å². The van der Waals surface area contributed by atoms with E-state index in [1.807, 2.05) is 49.4 Å². The van der Waals surface area contributed by atoms with E-state index in [2.05, 4.69) is 5.32 Å². The number of hydrogen-bond donors (Lipinski definition) is 1. The van der Waals surface area contributed by atoms with Crippen LogP contribution in [0.2, 0.25) is 5.02 Å². The van der Waals surface area contributed by atoms with Crippen LogP contribution in [-0.2, 0) is 9.59 Å². The molecule has 4 rings (SSSR count). The summed E-state index contributed by atoms with van der Waals surface area (Å²) in [4.78, 5) is 39.0. The summed E-state index contributed by atoms with van der Waals surface area (Å²) in [5.74, 6) is 0.358. The van der Waals surface area contributed by atoms with Crippen LogP contribution in [0.4, 0.5) is 10.5 Å². The molecule has 3 amide bonds. The van der Waals surface area contributed by atoms with Gasteiger partial charge in [0.2, 0.25) is 0 Å². The van der Waals surface area contributed by atoms with E-state index < -0.39 is 5.91 Å². The third-order valence-corrected chi connectivity index (χ3v) is 6.62. The van der Waals surface area contributed by atoms with Crippen LogP contribution in [0.5, 0.6) is 17.2 Å². The number of thioether (sulfide) groups is 1. The summed E-state index contributed by atoms with van der Waals surface area (Å²) in [7, 11) is 1.44. The van der Waals surface area contributed by atoms with E-state index in [1.54, 1.807) is 30.3 Å². The molecule has 0 spiro atoms. The fraction of sp³-hybridized carbons (Fsp3) is 0.179. The van der Waals surface area contributed by atoms with Crippen molar-refractivity contribution in [1.82, 2.24) is 4.90 Å². The molecule has 0 aliphatic carbocycles. The molecule has 8 nitrogen and oxygen atoms in total. The molecule has 0 bridgehead atoms. The smallest absolute Gasteiger partial charge is 0.293 e. The minimum atomic E-state index is -0.416. The van der Waals surface area contributed by atoms with Crippen LogP contribution in [0.15, 0.2) is 71.6 Å². The van der Waals surface area contributed by atoms with Crippen molar-refractivity contribution in [1.29, 1.82) is 0 Å². The van der Waals surface area contributed by atoms with Crippen molar-refractivity contribution in [3.05, 3.63) is 87.8 Å². The molecule has 0 unspecified atom stereocenters. The largest absolute Gasteiger partial charge is 0.493 e. The van der Waals surface area contributed by atoms with Crippen LogP contribution in [0, 0.1) is 6.92 Å². The number of benzene rings is 3. The highest BCUT2D eigenvalue weighted by Gasteiger charge is 2.35. The third-order valence-electron chi connectivity index (χ3n) is 5.43. The Morgan fingerprint density at radius 3 is 2.50 bits per heavy atom. The van der Waals surface area contributed by atoms with Crippen LogP contribution in [0.25, 0.3) is 6.08 Å². The van der Waals surface area contributed by atoms with Crippen LogP contribution < -0.4 is 19.5 Å². The summed E-state index contributed by atoms with van der Waals surface area (Å²) in [5, 5.41) is 2.53. The lowest BCUT2D eigenvalue weighted by Crippen LogP contribution is -2.32. The number of rotatable bonds is 10. The van der Waals surface area contributed by atoms with E-state index in [1.165, 1.54) is 7.11 Å². The van der Waals surface area contributed by atoms with Gasteiger partial charge in [0.1, 0.15) is 12.4 Å². The molecule has 196 valence electrons. The second-order valence-corrected chi connectivity index (χ2v) is 9.63. The Kier molecular flexibility index (Phi) is 8.93. The fourth-order valence-electron chi connectivity index (χ4n) is 3.55. The molecule has 1 aliphatic heterocycles. The van der Waals surface area contributed by atoms with Gasteiger partial charge in [0.25, 0.3) is 17.1 Å². The number of amides is 3. The van der Waals surface area contributed by atoms with Crippen molar-refractivity contribution in [3.63, 3.8) is 0 Å². The normalized spacial score (nSPS) is 14.1. The van der Waals surface area contributed by atoms with Gasteiger partial charge >= 0.3 is 0 Å². The summed E-state index contributed by atoms with van der Waals surface area (Å²) < 4.78 is 16.7. The van der Waals surface area contributed by atoms with Crippen LogP contribution in [0.3, 0.4) is 0 Å². The Morgan fingerprint density at radius 2 is 1.79 bits per heavy atom. The van der Waals surface area contributed by atoms with Crippen molar-refractivity contribution in [2.24, 2.45) is 0 Å². The average molecular weight is 553 g/mol. The number of hydrogen-bond acceptors (Lipinski definition) is 7. The van der Waals surface area contributed by atoms with E-state index in [-0.39, 0.29) is 52.3 Å². The van der Waals surface area contributed by atoms with Crippen LogP contribution in [0.1, 0.15) is 11.1 Å². The number of halogens is 1. The highest BCUT2D eigenvalue weighted by molar-refractivity contribution is 8.18. The second kappa shape index (κ2) is 12.5. The number of nitrogens with one attached hydrogen (secondary N) is 1. The molecule has 0 saturated carbocycles. The number of carbonyl (C=O) groups is 3. The SMILES string of the molecule is COc1cc(/C=C2\SC(=O)N(CCOc3ccc(C)cc3)C2=O)cc(Cl)c1OCC(=O)Nc1ccccc1. The number of carbonyl (C=O) groups excluding carboxylic acids is 3. The Bertz CT molecular complexity index is 1360. The molecule has 3 aromatic rings. The molecule has 3 aromatic carbocycles. The van der Waals surface area contributed by atoms with Gasteiger partial charge in [-0.2, -0.15) is 0 Å². The van der Waals surface area contributed by atoms with Gasteiger partial charge in [0, 0.05) is 5.69 Å². The molecule has 1 saturated heterocycles. The monoisotopic (exact) mass is 552 g/mol. The van der Waals surface area contributed by atoms with E-state index >= 15 is 0 Å². The molecule has 1 heterocycles. The van der Waals surface area contributed by atoms with Gasteiger partial charge < -0.3 is 19.5 Å². The number of aryl methyl sites for hydroxylation is 1. The van der Waals surface area contributed by atoms with Crippen LogP contribution >= 0.6 is 23.4 Å². The van der Waals surface area contributed by atoms with Crippen molar-refractivity contribution in [2.75, 3.05) is 32.2 Å². The Labute approximate surface area is 229 Å². The maximum absolute atomic E-state index is 12.9. The molecule has 0 aromatic heterocycles. The minimum Gasteiger partial charge on any atom is -0.493 e. The maximum Gasteiger partial charge on any atom is 0.293 e. The first-order valence-corrected chi connectivity index (χ1v) is 12.8. The van der Waals surface area contributed by atoms with Gasteiger partial charge in [-0.3, -0.25) is 19.3 Å². The van der Waals surface area contributed by atoms with Crippen molar-refractivity contribution < 1.29 is 28.6 Å². The lowest BCUT2D eigenvalue weighted by atomic mass is 10.1. The highest BCUT2D eigenvalue weighted by atomic mass is 35.5. The van der Waals surface area contributed by atoms with E-state index in [0.717, 1.165) is 22.2 Å². The Morgan fingerprint density at radius 1 is 1.05 bits per heavy atom. The first-order valence-electron chi connectivity index (χ1n) is 11.6. The molecular formula is C28H25ClN2O6S. The summed E-state index contributed by atoms with van der Waals surface area (Å²) in [6, 6.07) is 19.7. The summed E-state index contributed by atoms with van der Waals surface area (Å²) in [6.45, 7) is 2.00. The van der Waals surface area contributed by atoms with Gasteiger partial charge in [-0.15, -0.1) is 0 Å². The predicted molar refractivity (Wildman–Crippen MR) is 148 cm³/mol. The number of nitrogens with zero attached hydrogens (tertiary/aromatic N) is 1. The predicted octanol–water partition coefficient (Wildman–Crippen LogP) is 5.79. The first kappa shape index (κ1) is 27.1. The van der Waals surface area contributed by atoms with Gasteiger partial charge in [-0.25, -0.2) is 0 Å². The number of ether oxygens (including phenoxy) is 3.